The van der Waals surface area contributed by atoms with Crippen LogP contribution < -0.4 is 5.32 Å². The highest BCUT2D eigenvalue weighted by molar-refractivity contribution is 5.78. The lowest BCUT2D eigenvalue weighted by Gasteiger charge is -2.35. The van der Waals surface area contributed by atoms with Crippen molar-refractivity contribution >= 4 is 12.0 Å². The van der Waals surface area contributed by atoms with Crippen LogP contribution in [0, 0.1) is 5.92 Å². The van der Waals surface area contributed by atoms with Crippen molar-refractivity contribution in [3.8, 4) is 0 Å². The number of piperazine rings is 1. The average Bonchev–Trinajstić information content (AvgIpc) is 2.47. The molecule has 0 radical (unpaired) electrons. The topological polar surface area (TPSA) is 61.9 Å². The van der Waals surface area contributed by atoms with Gasteiger partial charge in [0.05, 0.1) is 0 Å². The summed E-state index contributed by atoms with van der Waals surface area (Å²) >= 11 is 0. The molecule has 1 rings (SSSR count). The van der Waals surface area contributed by atoms with Crippen LogP contribution >= 0.6 is 0 Å². The van der Waals surface area contributed by atoms with Crippen LogP contribution in [0.1, 0.15) is 47.5 Å². The van der Waals surface area contributed by atoms with Gasteiger partial charge in [0.25, 0.3) is 0 Å². The van der Waals surface area contributed by atoms with E-state index in [0.717, 1.165) is 32.5 Å². The van der Waals surface area contributed by atoms with Crippen molar-refractivity contribution in [3.63, 3.8) is 0 Å². The molecule has 1 fully saturated rings. The van der Waals surface area contributed by atoms with Gasteiger partial charge in [-0.05, 0) is 33.6 Å². The second-order valence-corrected chi connectivity index (χ2v) is 7.11. The number of carbonyl (C=O) groups excluding carboxylic acids is 2. The molecule has 6 nitrogen and oxygen atoms in total. The largest absolute Gasteiger partial charge is 0.444 e. The van der Waals surface area contributed by atoms with E-state index >= 15 is 0 Å². The molecule has 1 aliphatic rings. The number of carbonyl (C=O) groups is 2. The van der Waals surface area contributed by atoms with Gasteiger partial charge in [-0.3, -0.25) is 9.69 Å². The van der Waals surface area contributed by atoms with E-state index in [1.54, 1.807) is 4.90 Å². The Morgan fingerprint density at radius 3 is 2.13 bits per heavy atom. The maximum atomic E-state index is 12.0. The highest BCUT2D eigenvalue weighted by Gasteiger charge is 2.25. The molecule has 1 aliphatic heterocycles. The third kappa shape index (κ3) is 7.20. The molecule has 1 saturated heterocycles. The first-order chi connectivity index (χ1) is 10.8. The van der Waals surface area contributed by atoms with Gasteiger partial charge in [-0.1, -0.05) is 13.8 Å². The van der Waals surface area contributed by atoms with Crippen LogP contribution in [-0.2, 0) is 9.53 Å². The van der Waals surface area contributed by atoms with Crippen molar-refractivity contribution in [2.24, 2.45) is 5.92 Å². The zero-order valence-corrected chi connectivity index (χ0v) is 15.4. The molecule has 0 spiro atoms. The van der Waals surface area contributed by atoms with Crippen LogP contribution in [0.4, 0.5) is 4.79 Å². The molecule has 0 bridgehead atoms. The maximum Gasteiger partial charge on any atom is 0.410 e. The van der Waals surface area contributed by atoms with Crippen LogP contribution in [0.5, 0.6) is 0 Å². The zero-order valence-electron chi connectivity index (χ0n) is 15.4. The lowest BCUT2D eigenvalue weighted by atomic mass is 10.0. The first-order valence-corrected chi connectivity index (χ1v) is 8.74. The first kappa shape index (κ1) is 19.7. The molecule has 0 aliphatic carbocycles. The lowest BCUT2D eigenvalue weighted by molar-refractivity contribution is -0.125. The summed E-state index contributed by atoms with van der Waals surface area (Å²) in [5.41, 5.74) is -0.451. The number of nitrogens with one attached hydrogen (secondary N) is 1. The summed E-state index contributed by atoms with van der Waals surface area (Å²) in [6.45, 7) is 14.2. The Kier molecular flexibility index (Phi) is 7.82. The SMILES string of the molecule is CCC(CC)C(=O)NCCN1CCN(C(=O)OC(C)(C)C)CC1. The highest BCUT2D eigenvalue weighted by atomic mass is 16.6. The fourth-order valence-corrected chi connectivity index (χ4v) is 2.62. The van der Waals surface area contributed by atoms with Crippen LogP contribution in [-0.4, -0.2) is 66.7 Å². The fraction of sp³-hybridized carbons (Fsp3) is 0.882. The van der Waals surface area contributed by atoms with Crippen molar-refractivity contribution in [3.05, 3.63) is 0 Å². The number of rotatable bonds is 6. The van der Waals surface area contributed by atoms with Gasteiger partial charge in [-0.15, -0.1) is 0 Å². The molecule has 0 unspecified atom stereocenters. The first-order valence-electron chi connectivity index (χ1n) is 8.74. The Hall–Kier alpha value is -1.30. The van der Waals surface area contributed by atoms with E-state index in [1.165, 1.54) is 0 Å². The molecule has 1 N–H and O–H groups in total. The van der Waals surface area contributed by atoms with Crippen LogP contribution in [0.15, 0.2) is 0 Å². The predicted octanol–water partition coefficient (Wildman–Crippen LogP) is 2.09. The Morgan fingerprint density at radius 1 is 1.09 bits per heavy atom. The molecule has 2 amide bonds. The molecule has 0 aromatic carbocycles. The monoisotopic (exact) mass is 327 g/mol. The van der Waals surface area contributed by atoms with E-state index in [0.29, 0.717) is 19.6 Å². The molecule has 0 aromatic heterocycles. The summed E-state index contributed by atoms with van der Waals surface area (Å²) in [4.78, 5) is 27.9. The third-order valence-corrected chi connectivity index (χ3v) is 4.11. The van der Waals surface area contributed by atoms with Gasteiger partial charge < -0.3 is 15.0 Å². The van der Waals surface area contributed by atoms with E-state index in [2.05, 4.69) is 10.2 Å². The lowest BCUT2D eigenvalue weighted by Crippen LogP contribution is -2.51. The third-order valence-electron chi connectivity index (χ3n) is 4.11. The van der Waals surface area contributed by atoms with Crippen molar-refractivity contribution in [1.82, 2.24) is 15.1 Å². The summed E-state index contributed by atoms with van der Waals surface area (Å²) in [5, 5.41) is 3.01. The molecular formula is C17H33N3O3. The number of nitrogens with zero attached hydrogens (tertiary/aromatic N) is 2. The minimum atomic E-state index is -0.451. The minimum absolute atomic E-state index is 0.124. The Labute approximate surface area is 140 Å². The number of hydrogen-bond acceptors (Lipinski definition) is 4. The highest BCUT2D eigenvalue weighted by Crippen LogP contribution is 2.11. The standard InChI is InChI=1S/C17H33N3O3/c1-6-14(7-2)15(21)18-8-9-19-10-12-20(13-11-19)16(22)23-17(3,4)5/h14H,6-13H2,1-5H3,(H,18,21). The Morgan fingerprint density at radius 2 is 1.65 bits per heavy atom. The summed E-state index contributed by atoms with van der Waals surface area (Å²) in [6, 6.07) is 0. The van der Waals surface area contributed by atoms with Gasteiger partial charge in [-0.2, -0.15) is 0 Å². The summed E-state index contributed by atoms with van der Waals surface area (Å²) in [5.74, 6) is 0.279. The van der Waals surface area contributed by atoms with Gasteiger partial charge in [0.2, 0.25) is 5.91 Å². The normalized spacial score (nSPS) is 16.5. The number of amides is 2. The van der Waals surface area contributed by atoms with E-state index < -0.39 is 5.60 Å². The Balaban J connectivity index is 2.24. The summed E-state index contributed by atoms with van der Waals surface area (Å²) in [7, 11) is 0. The zero-order chi connectivity index (χ0) is 17.5. The quantitative estimate of drug-likeness (QED) is 0.811. The van der Waals surface area contributed by atoms with Gasteiger partial charge in [0.15, 0.2) is 0 Å². The van der Waals surface area contributed by atoms with Crippen LogP contribution in [0.2, 0.25) is 0 Å². The van der Waals surface area contributed by atoms with Gasteiger partial charge >= 0.3 is 6.09 Å². The van der Waals surface area contributed by atoms with Crippen molar-refractivity contribution < 1.29 is 14.3 Å². The molecule has 23 heavy (non-hydrogen) atoms. The van der Waals surface area contributed by atoms with Crippen molar-refractivity contribution in [1.29, 1.82) is 0 Å². The molecular weight excluding hydrogens is 294 g/mol. The van der Waals surface area contributed by atoms with E-state index in [-0.39, 0.29) is 17.9 Å². The van der Waals surface area contributed by atoms with Crippen LogP contribution in [0.25, 0.3) is 0 Å². The molecule has 0 atom stereocenters. The second kappa shape index (κ2) is 9.11. The molecule has 1 heterocycles. The van der Waals surface area contributed by atoms with Crippen molar-refractivity contribution in [2.45, 2.75) is 53.1 Å². The summed E-state index contributed by atoms with van der Waals surface area (Å²) < 4.78 is 5.39. The van der Waals surface area contributed by atoms with E-state index in [1.807, 2.05) is 34.6 Å². The average molecular weight is 327 g/mol. The number of hydrogen-bond donors (Lipinski definition) is 1. The summed E-state index contributed by atoms with van der Waals surface area (Å²) in [6.07, 6.45) is 1.53. The number of ether oxygens (including phenoxy) is 1. The van der Waals surface area contributed by atoms with Gasteiger partial charge in [0.1, 0.15) is 5.60 Å². The van der Waals surface area contributed by atoms with Crippen molar-refractivity contribution in [2.75, 3.05) is 39.3 Å². The Bertz CT molecular complexity index is 381. The van der Waals surface area contributed by atoms with E-state index in [9.17, 15) is 9.59 Å². The molecule has 0 saturated carbocycles. The minimum Gasteiger partial charge on any atom is -0.444 e. The van der Waals surface area contributed by atoms with Gasteiger partial charge in [-0.25, -0.2) is 4.79 Å². The molecule has 134 valence electrons. The smallest absolute Gasteiger partial charge is 0.410 e. The van der Waals surface area contributed by atoms with Gasteiger partial charge in [0, 0.05) is 45.2 Å². The van der Waals surface area contributed by atoms with E-state index in [4.69, 9.17) is 4.74 Å². The second-order valence-electron chi connectivity index (χ2n) is 7.11. The van der Waals surface area contributed by atoms with Crippen LogP contribution in [0.3, 0.4) is 0 Å². The molecule has 6 heteroatoms. The fourth-order valence-electron chi connectivity index (χ4n) is 2.62. The maximum absolute atomic E-state index is 12.0. The predicted molar refractivity (Wildman–Crippen MR) is 91.3 cm³/mol. The molecule has 0 aromatic rings.